The molecule has 2 aliphatic rings. The minimum absolute atomic E-state index is 0.0671. The predicted molar refractivity (Wildman–Crippen MR) is 41.1 cm³/mol. The third-order valence-electron chi connectivity index (χ3n) is 1.54. The smallest absolute Gasteiger partial charge is 0.116 e. The van der Waals surface area contributed by atoms with Crippen molar-refractivity contribution in [3.63, 3.8) is 0 Å². The number of fused-ring (bicyclic) bond motifs is 1. The van der Waals surface area contributed by atoms with E-state index in [-0.39, 0.29) is 6.04 Å². The van der Waals surface area contributed by atoms with E-state index >= 15 is 0 Å². The summed E-state index contributed by atoms with van der Waals surface area (Å²) < 4.78 is 0. The summed E-state index contributed by atoms with van der Waals surface area (Å²) in [5, 5.41) is 0. The van der Waals surface area contributed by atoms with Gasteiger partial charge in [0, 0.05) is 0 Å². The standard InChI is InChI=1S/C7H7N3/c8-5-2-1-3-6-7(5)10-4-9-6/h1-5H,8H2/t5-/m1/s1. The molecule has 0 fully saturated rings. The number of aliphatic imine (C=N–C) groups is 2. The first-order valence-corrected chi connectivity index (χ1v) is 3.12. The topological polar surface area (TPSA) is 50.7 Å². The molecule has 0 aromatic carbocycles. The van der Waals surface area contributed by atoms with Crippen LogP contribution in [0.4, 0.5) is 0 Å². The Bertz CT molecular complexity index is 271. The summed E-state index contributed by atoms with van der Waals surface area (Å²) in [5.74, 6) is 0. The van der Waals surface area contributed by atoms with E-state index in [2.05, 4.69) is 9.98 Å². The summed E-state index contributed by atoms with van der Waals surface area (Å²) in [4.78, 5) is 8.03. The lowest BCUT2D eigenvalue weighted by Gasteiger charge is -2.09. The molecular formula is C7H7N3. The summed E-state index contributed by atoms with van der Waals surface area (Å²) in [6, 6.07) is -0.0671. The monoisotopic (exact) mass is 133 g/mol. The Morgan fingerprint density at radius 1 is 1.50 bits per heavy atom. The van der Waals surface area contributed by atoms with Gasteiger partial charge in [-0.05, 0) is 6.08 Å². The Balaban J connectivity index is 2.45. The van der Waals surface area contributed by atoms with E-state index < -0.39 is 0 Å². The van der Waals surface area contributed by atoms with Crippen LogP contribution in [0.15, 0.2) is 33.9 Å². The molecule has 3 heteroatoms. The number of hydrogen-bond acceptors (Lipinski definition) is 3. The van der Waals surface area contributed by atoms with E-state index in [1.54, 1.807) is 0 Å². The van der Waals surface area contributed by atoms with Crippen LogP contribution in [-0.2, 0) is 0 Å². The fourth-order valence-corrected chi connectivity index (χ4v) is 1.03. The average molecular weight is 133 g/mol. The van der Waals surface area contributed by atoms with E-state index in [0.717, 1.165) is 11.4 Å². The van der Waals surface area contributed by atoms with Crippen LogP contribution in [-0.4, -0.2) is 18.1 Å². The lowest BCUT2D eigenvalue weighted by atomic mass is 10.1. The van der Waals surface area contributed by atoms with Crippen molar-refractivity contribution in [2.45, 2.75) is 6.04 Å². The molecule has 50 valence electrons. The van der Waals surface area contributed by atoms with Crippen LogP contribution in [0, 0.1) is 0 Å². The Morgan fingerprint density at radius 2 is 2.40 bits per heavy atom. The SMILES string of the molecule is N[C@@H]1C=CC=C2N=CN=C21. The second-order valence-corrected chi connectivity index (χ2v) is 2.22. The van der Waals surface area contributed by atoms with E-state index in [1.807, 2.05) is 18.2 Å². The van der Waals surface area contributed by atoms with Crippen LogP contribution in [0.3, 0.4) is 0 Å². The molecule has 0 radical (unpaired) electrons. The van der Waals surface area contributed by atoms with Crippen LogP contribution in [0.5, 0.6) is 0 Å². The largest absolute Gasteiger partial charge is 0.319 e. The molecular weight excluding hydrogens is 126 g/mol. The summed E-state index contributed by atoms with van der Waals surface area (Å²) in [7, 11) is 0. The van der Waals surface area contributed by atoms with Gasteiger partial charge in [0.2, 0.25) is 0 Å². The van der Waals surface area contributed by atoms with E-state index in [0.29, 0.717) is 0 Å². The van der Waals surface area contributed by atoms with Crippen LogP contribution < -0.4 is 5.73 Å². The Kier molecular flexibility index (Phi) is 1.05. The van der Waals surface area contributed by atoms with Gasteiger partial charge >= 0.3 is 0 Å². The molecule has 0 aromatic heterocycles. The number of allylic oxidation sites excluding steroid dienone is 2. The highest BCUT2D eigenvalue weighted by atomic mass is 15.0. The van der Waals surface area contributed by atoms with Crippen molar-refractivity contribution in [1.82, 2.24) is 0 Å². The molecule has 1 aliphatic carbocycles. The lowest BCUT2D eigenvalue weighted by molar-refractivity contribution is 1.07. The van der Waals surface area contributed by atoms with E-state index in [9.17, 15) is 0 Å². The van der Waals surface area contributed by atoms with E-state index in [1.165, 1.54) is 6.34 Å². The van der Waals surface area contributed by atoms with Gasteiger partial charge in [-0.15, -0.1) is 0 Å². The molecule has 1 aliphatic heterocycles. The van der Waals surface area contributed by atoms with Gasteiger partial charge in [0.1, 0.15) is 6.34 Å². The van der Waals surface area contributed by atoms with Crippen molar-refractivity contribution >= 4 is 12.1 Å². The Morgan fingerprint density at radius 3 is 3.20 bits per heavy atom. The van der Waals surface area contributed by atoms with Crippen molar-refractivity contribution in [3.05, 3.63) is 23.9 Å². The molecule has 0 saturated heterocycles. The minimum Gasteiger partial charge on any atom is -0.319 e. The second-order valence-electron chi connectivity index (χ2n) is 2.22. The summed E-state index contributed by atoms with van der Waals surface area (Å²) in [6.45, 7) is 0. The molecule has 10 heavy (non-hydrogen) atoms. The van der Waals surface area contributed by atoms with Crippen LogP contribution in [0.2, 0.25) is 0 Å². The summed E-state index contributed by atoms with van der Waals surface area (Å²) in [5.41, 5.74) is 7.46. The molecule has 2 rings (SSSR count). The number of hydrogen-bond donors (Lipinski definition) is 1. The van der Waals surface area contributed by atoms with Crippen molar-refractivity contribution < 1.29 is 0 Å². The molecule has 3 nitrogen and oxygen atoms in total. The van der Waals surface area contributed by atoms with Crippen LogP contribution in [0.1, 0.15) is 0 Å². The molecule has 0 unspecified atom stereocenters. The zero-order valence-electron chi connectivity index (χ0n) is 5.36. The molecule has 0 aromatic rings. The van der Waals surface area contributed by atoms with Gasteiger partial charge in [-0.1, -0.05) is 12.2 Å². The second kappa shape index (κ2) is 1.88. The maximum absolute atomic E-state index is 5.68. The molecule has 0 saturated carbocycles. The Hall–Kier alpha value is -1.22. The number of nitrogens with two attached hydrogens (primary N) is 1. The third kappa shape index (κ3) is 0.642. The first-order valence-electron chi connectivity index (χ1n) is 3.12. The molecule has 0 bridgehead atoms. The van der Waals surface area contributed by atoms with Gasteiger partial charge in [0.05, 0.1) is 17.5 Å². The van der Waals surface area contributed by atoms with Gasteiger partial charge < -0.3 is 5.73 Å². The normalized spacial score (nSPS) is 27.9. The van der Waals surface area contributed by atoms with E-state index in [4.69, 9.17) is 5.73 Å². The molecule has 1 atom stereocenters. The Labute approximate surface area is 58.7 Å². The summed E-state index contributed by atoms with van der Waals surface area (Å²) >= 11 is 0. The minimum atomic E-state index is -0.0671. The zero-order chi connectivity index (χ0) is 6.97. The first kappa shape index (κ1) is 5.56. The lowest BCUT2D eigenvalue weighted by Crippen LogP contribution is -2.29. The van der Waals surface area contributed by atoms with Gasteiger partial charge in [-0.2, -0.15) is 0 Å². The maximum Gasteiger partial charge on any atom is 0.116 e. The molecule has 0 spiro atoms. The molecule has 0 amide bonds. The fourth-order valence-electron chi connectivity index (χ4n) is 1.03. The number of nitrogens with zero attached hydrogens (tertiary/aromatic N) is 2. The number of rotatable bonds is 0. The van der Waals surface area contributed by atoms with Crippen molar-refractivity contribution in [2.75, 3.05) is 0 Å². The highest BCUT2D eigenvalue weighted by Gasteiger charge is 2.17. The van der Waals surface area contributed by atoms with Crippen molar-refractivity contribution in [3.8, 4) is 0 Å². The van der Waals surface area contributed by atoms with Gasteiger partial charge in [-0.25, -0.2) is 9.98 Å². The van der Waals surface area contributed by atoms with Crippen LogP contribution in [0.25, 0.3) is 0 Å². The quantitative estimate of drug-likeness (QED) is 0.506. The average Bonchev–Trinajstić information content (AvgIpc) is 2.36. The third-order valence-corrected chi connectivity index (χ3v) is 1.54. The predicted octanol–water partition coefficient (Wildman–Crippen LogP) is 0.250. The maximum atomic E-state index is 5.68. The molecule has 1 heterocycles. The summed E-state index contributed by atoms with van der Waals surface area (Å²) in [6.07, 6.45) is 7.25. The highest BCUT2D eigenvalue weighted by Crippen LogP contribution is 2.13. The van der Waals surface area contributed by atoms with Gasteiger partial charge in [0.25, 0.3) is 0 Å². The highest BCUT2D eigenvalue weighted by molar-refractivity contribution is 6.12. The van der Waals surface area contributed by atoms with Crippen LogP contribution >= 0.6 is 0 Å². The van der Waals surface area contributed by atoms with Crippen molar-refractivity contribution in [1.29, 1.82) is 0 Å². The molecule has 2 N–H and O–H groups in total. The van der Waals surface area contributed by atoms with Crippen molar-refractivity contribution in [2.24, 2.45) is 15.7 Å². The zero-order valence-corrected chi connectivity index (χ0v) is 5.36. The first-order chi connectivity index (χ1) is 4.88. The van der Waals surface area contributed by atoms with Gasteiger partial charge in [-0.3, -0.25) is 0 Å². The van der Waals surface area contributed by atoms with Gasteiger partial charge in [0.15, 0.2) is 0 Å². The fraction of sp³-hybridized carbons (Fsp3) is 0.143.